The van der Waals surface area contributed by atoms with Gasteiger partial charge in [0, 0.05) is 13.0 Å². The molecule has 1 heterocycles. The molecule has 5 N–H and O–H groups in total. The first kappa shape index (κ1) is 14.4. The van der Waals surface area contributed by atoms with E-state index in [2.05, 4.69) is 20.8 Å². The van der Waals surface area contributed by atoms with Crippen LogP contribution in [0.1, 0.15) is 12.3 Å². The molecule has 0 spiro atoms. The highest BCUT2D eigenvalue weighted by molar-refractivity contribution is 5.87. The van der Waals surface area contributed by atoms with Crippen molar-refractivity contribution in [3.63, 3.8) is 0 Å². The number of primary amides is 1. The molecule has 0 radical (unpaired) electrons. The van der Waals surface area contributed by atoms with E-state index in [1.807, 2.05) is 0 Å². The fourth-order valence-electron chi connectivity index (χ4n) is 1.20. The Labute approximate surface area is 107 Å². The monoisotopic (exact) mass is 271 g/mol. The highest BCUT2D eigenvalue weighted by Gasteiger charge is 2.21. The molecule has 0 aliphatic heterocycles. The number of rotatable bonds is 7. The number of nitrogens with zero attached hydrogens (tertiary/aromatic N) is 2. The minimum Gasteiger partial charge on any atom is -0.480 e. The molecule has 0 saturated heterocycles. The summed E-state index contributed by atoms with van der Waals surface area (Å²) in [6, 6.07) is -2.09. The van der Waals surface area contributed by atoms with Gasteiger partial charge in [-0.15, -0.1) is 0 Å². The van der Waals surface area contributed by atoms with Gasteiger partial charge in [-0.05, 0) is 0 Å². The number of hydrogen-bond acceptors (Lipinski definition) is 6. The summed E-state index contributed by atoms with van der Waals surface area (Å²) in [6.07, 6.45) is 1.05. The molecule has 1 aromatic heterocycles. The van der Waals surface area contributed by atoms with Crippen LogP contribution in [0.15, 0.2) is 10.9 Å². The van der Waals surface area contributed by atoms with E-state index >= 15 is 0 Å². The van der Waals surface area contributed by atoms with Gasteiger partial charge in [-0.2, -0.15) is 4.98 Å². The van der Waals surface area contributed by atoms with E-state index in [0.29, 0.717) is 12.3 Å². The molecule has 0 aliphatic rings. The molecular weight excluding hydrogens is 258 g/mol. The SMILES string of the molecule is NC(=O)C[C@@H](NC(=O)NCCc1ncno1)C(=O)O. The normalized spacial score (nSPS) is 11.6. The summed E-state index contributed by atoms with van der Waals surface area (Å²) in [5.74, 6) is -1.82. The average molecular weight is 271 g/mol. The zero-order valence-electron chi connectivity index (χ0n) is 9.83. The van der Waals surface area contributed by atoms with Gasteiger partial charge in [0.15, 0.2) is 6.33 Å². The molecule has 0 unspecified atom stereocenters. The van der Waals surface area contributed by atoms with Gasteiger partial charge in [-0.25, -0.2) is 9.59 Å². The second-order valence-electron chi connectivity index (χ2n) is 3.55. The Balaban J connectivity index is 2.32. The van der Waals surface area contributed by atoms with Crippen LogP contribution < -0.4 is 16.4 Å². The van der Waals surface area contributed by atoms with Crippen molar-refractivity contribution in [2.45, 2.75) is 18.9 Å². The lowest BCUT2D eigenvalue weighted by Crippen LogP contribution is -2.48. The number of aromatic nitrogens is 2. The number of amides is 3. The molecule has 19 heavy (non-hydrogen) atoms. The van der Waals surface area contributed by atoms with Gasteiger partial charge in [-0.1, -0.05) is 5.16 Å². The van der Waals surface area contributed by atoms with Crippen LogP contribution in [0.25, 0.3) is 0 Å². The van der Waals surface area contributed by atoms with Crippen molar-refractivity contribution in [1.82, 2.24) is 20.8 Å². The molecule has 0 bridgehead atoms. The van der Waals surface area contributed by atoms with Gasteiger partial charge in [0.25, 0.3) is 0 Å². The first-order valence-corrected chi connectivity index (χ1v) is 5.30. The first-order chi connectivity index (χ1) is 8.99. The summed E-state index contributed by atoms with van der Waals surface area (Å²) < 4.78 is 4.70. The van der Waals surface area contributed by atoms with Crippen LogP contribution in [-0.2, 0) is 16.0 Å². The lowest BCUT2D eigenvalue weighted by Gasteiger charge is -2.13. The van der Waals surface area contributed by atoms with Crippen LogP contribution in [0.2, 0.25) is 0 Å². The predicted molar refractivity (Wildman–Crippen MR) is 59.8 cm³/mol. The van der Waals surface area contributed by atoms with Gasteiger partial charge in [0.1, 0.15) is 6.04 Å². The minimum atomic E-state index is -1.36. The van der Waals surface area contributed by atoms with Crippen molar-refractivity contribution in [2.75, 3.05) is 6.54 Å². The Morgan fingerprint density at radius 2 is 2.21 bits per heavy atom. The lowest BCUT2D eigenvalue weighted by atomic mass is 10.2. The summed E-state index contributed by atoms with van der Waals surface area (Å²) in [5.41, 5.74) is 4.87. The van der Waals surface area contributed by atoms with Gasteiger partial charge >= 0.3 is 12.0 Å². The number of urea groups is 1. The molecule has 3 amide bonds. The third kappa shape index (κ3) is 5.48. The molecule has 0 fully saturated rings. The molecule has 0 aromatic carbocycles. The maximum atomic E-state index is 11.4. The van der Waals surface area contributed by atoms with Gasteiger partial charge < -0.3 is 26.0 Å². The average Bonchev–Trinajstić information content (AvgIpc) is 2.80. The Kier molecular flexibility index (Phi) is 5.26. The molecular formula is C9H13N5O5. The topological polar surface area (TPSA) is 160 Å². The standard InChI is InChI=1S/C9H13N5O5/c10-6(15)3-5(8(16)17)14-9(18)11-2-1-7-12-4-13-19-7/h4-5H,1-3H2,(H2,10,15)(H,16,17)(H2,11,14,18)/t5-/m1/s1. The number of hydrogen-bond donors (Lipinski definition) is 4. The molecule has 10 heteroatoms. The van der Waals surface area contributed by atoms with Crippen LogP contribution >= 0.6 is 0 Å². The number of carbonyl (C=O) groups excluding carboxylic acids is 2. The molecule has 104 valence electrons. The Morgan fingerprint density at radius 3 is 2.74 bits per heavy atom. The van der Waals surface area contributed by atoms with E-state index in [4.69, 9.17) is 15.4 Å². The van der Waals surface area contributed by atoms with Gasteiger partial charge in [0.2, 0.25) is 11.8 Å². The van der Waals surface area contributed by atoms with Crippen LogP contribution in [0, 0.1) is 0 Å². The second kappa shape index (κ2) is 6.93. The van der Waals surface area contributed by atoms with Crippen molar-refractivity contribution in [2.24, 2.45) is 5.73 Å². The molecule has 10 nitrogen and oxygen atoms in total. The van der Waals surface area contributed by atoms with Crippen LogP contribution in [0.3, 0.4) is 0 Å². The Hall–Kier alpha value is -2.65. The summed E-state index contributed by atoms with van der Waals surface area (Å²) in [6.45, 7) is 0.178. The molecule has 1 rings (SSSR count). The minimum absolute atomic E-state index is 0.178. The molecule has 1 aromatic rings. The van der Waals surface area contributed by atoms with Crippen molar-refractivity contribution >= 4 is 17.9 Å². The third-order valence-electron chi connectivity index (χ3n) is 2.04. The van der Waals surface area contributed by atoms with E-state index in [0.717, 1.165) is 0 Å². The van der Waals surface area contributed by atoms with Crippen molar-refractivity contribution < 1.29 is 24.0 Å². The fourth-order valence-corrected chi connectivity index (χ4v) is 1.20. The zero-order valence-corrected chi connectivity index (χ0v) is 9.83. The van der Waals surface area contributed by atoms with E-state index in [1.165, 1.54) is 6.33 Å². The predicted octanol–water partition coefficient (Wildman–Crippen LogP) is -1.76. The number of carbonyl (C=O) groups is 3. The highest BCUT2D eigenvalue weighted by atomic mass is 16.5. The zero-order chi connectivity index (χ0) is 14.3. The van der Waals surface area contributed by atoms with Gasteiger partial charge in [0.05, 0.1) is 6.42 Å². The van der Waals surface area contributed by atoms with Crippen molar-refractivity contribution in [3.05, 3.63) is 12.2 Å². The van der Waals surface area contributed by atoms with E-state index in [1.54, 1.807) is 0 Å². The van der Waals surface area contributed by atoms with Crippen LogP contribution in [0.4, 0.5) is 4.79 Å². The van der Waals surface area contributed by atoms with Crippen LogP contribution in [-0.4, -0.2) is 45.7 Å². The summed E-state index contributed by atoms with van der Waals surface area (Å²) in [7, 11) is 0. The Morgan fingerprint density at radius 1 is 1.47 bits per heavy atom. The largest absolute Gasteiger partial charge is 0.480 e. The maximum Gasteiger partial charge on any atom is 0.326 e. The number of nitrogens with one attached hydrogen (secondary N) is 2. The number of nitrogens with two attached hydrogens (primary N) is 1. The summed E-state index contributed by atoms with van der Waals surface area (Å²) >= 11 is 0. The molecule has 0 aliphatic carbocycles. The maximum absolute atomic E-state index is 11.4. The molecule has 1 atom stereocenters. The van der Waals surface area contributed by atoms with Crippen molar-refractivity contribution in [1.29, 1.82) is 0 Å². The Bertz CT molecular complexity index is 446. The van der Waals surface area contributed by atoms with E-state index in [9.17, 15) is 14.4 Å². The van der Waals surface area contributed by atoms with Gasteiger partial charge in [-0.3, -0.25) is 4.79 Å². The smallest absolute Gasteiger partial charge is 0.326 e. The van der Waals surface area contributed by atoms with E-state index < -0.39 is 30.4 Å². The number of carboxylic acid groups (broad SMARTS) is 1. The first-order valence-electron chi connectivity index (χ1n) is 5.30. The second-order valence-corrected chi connectivity index (χ2v) is 3.55. The fraction of sp³-hybridized carbons (Fsp3) is 0.444. The quantitative estimate of drug-likeness (QED) is 0.456. The summed E-state index contributed by atoms with van der Waals surface area (Å²) in [5, 5.41) is 16.6. The van der Waals surface area contributed by atoms with Crippen molar-refractivity contribution in [3.8, 4) is 0 Å². The number of carboxylic acids is 1. The van der Waals surface area contributed by atoms with Crippen LogP contribution in [0.5, 0.6) is 0 Å². The third-order valence-corrected chi connectivity index (χ3v) is 2.04. The lowest BCUT2D eigenvalue weighted by molar-refractivity contribution is -0.140. The summed E-state index contributed by atoms with van der Waals surface area (Å²) in [4.78, 5) is 36.5. The molecule has 0 saturated carbocycles. The van der Waals surface area contributed by atoms with E-state index in [-0.39, 0.29) is 6.54 Å². The number of aliphatic carboxylic acids is 1. The highest BCUT2D eigenvalue weighted by Crippen LogP contribution is 1.93.